The molecule has 1 atom stereocenters. The van der Waals surface area contributed by atoms with Gasteiger partial charge in [0.1, 0.15) is 0 Å². The van der Waals surface area contributed by atoms with Crippen molar-refractivity contribution in [2.75, 3.05) is 11.1 Å². The van der Waals surface area contributed by atoms with Gasteiger partial charge in [-0.2, -0.15) is 0 Å². The third-order valence-electron chi connectivity index (χ3n) is 5.55. The molecule has 3 nitrogen and oxygen atoms in total. The molecule has 1 aromatic carbocycles. The summed E-state index contributed by atoms with van der Waals surface area (Å²) in [5.74, 6) is -0.367. The summed E-state index contributed by atoms with van der Waals surface area (Å²) < 4.78 is 2.61. The van der Waals surface area contributed by atoms with Gasteiger partial charge in [-0.05, 0) is 28.3 Å². The van der Waals surface area contributed by atoms with E-state index in [1.807, 2.05) is 6.07 Å². The van der Waals surface area contributed by atoms with Crippen molar-refractivity contribution in [2.45, 2.75) is 64.1 Å². The molecule has 2 N–H and O–H groups in total. The van der Waals surface area contributed by atoms with E-state index in [9.17, 15) is 4.79 Å². The first-order chi connectivity index (χ1) is 10.2. The normalized spacial score (nSPS) is 18.4. The quantitative estimate of drug-likeness (QED) is 0.825. The van der Waals surface area contributed by atoms with Crippen molar-refractivity contribution in [1.29, 1.82) is 0 Å². The predicted molar refractivity (Wildman–Crippen MR) is 96.8 cm³/mol. The van der Waals surface area contributed by atoms with Gasteiger partial charge in [-0.1, -0.05) is 59.7 Å². The van der Waals surface area contributed by atoms with E-state index in [4.69, 9.17) is 5.73 Å². The number of rotatable bonds is 5. The van der Waals surface area contributed by atoms with E-state index in [0.29, 0.717) is 16.6 Å². The summed E-state index contributed by atoms with van der Waals surface area (Å²) in [4.78, 5) is 12.0. The van der Waals surface area contributed by atoms with Crippen LogP contribution in [0.5, 0.6) is 0 Å². The van der Waals surface area contributed by atoms with Crippen molar-refractivity contribution in [3.63, 3.8) is 0 Å². The van der Waals surface area contributed by atoms with Crippen LogP contribution in [0, 0.1) is 0 Å². The van der Waals surface area contributed by atoms with Gasteiger partial charge in [-0.3, -0.25) is 4.79 Å². The van der Waals surface area contributed by atoms with Crippen LogP contribution in [0.15, 0.2) is 24.3 Å². The second-order valence-corrected chi connectivity index (χ2v) is 13.3. The van der Waals surface area contributed by atoms with Crippen molar-refractivity contribution in [2.24, 2.45) is 5.73 Å². The Kier molecular flexibility index (Phi) is 4.71. The van der Waals surface area contributed by atoms with Crippen LogP contribution in [-0.2, 0) is 4.79 Å². The minimum Gasteiger partial charge on any atom is -0.395 e. The maximum atomic E-state index is 12.0. The van der Waals surface area contributed by atoms with Gasteiger partial charge in [-0.25, -0.2) is 0 Å². The molecule has 1 aliphatic rings. The number of amides is 1. The summed E-state index contributed by atoms with van der Waals surface area (Å²) in [6.45, 7) is 14.9. The number of primary amides is 1. The van der Waals surface area contributed by atoms with Crippen molar-refractivity contribution in [3.05, 3.63) is 29.8 Å². The van der Waals surface area contributed by atoms with Crippen molar-refractivity contribution < 1.29 is 4.79 Å². The van der Waals surface area contributed by atoms with E-state index in [1.54, 1.807) is 0 Å². The fourth-order valence-corrected chi connectivity index (χ4v) is 11.9. The summed E-state index contributed by atoms with van der Waals surface area (Å²) in [7, 11) is -1.81. The molecule has 0 saturated carbocycles. The Hall–Kier alpha value is -1.29. The standard InChI is InChI=1S/C18H30N2OSi/c1-12(2)22(13(3)4,14(5)6)20-11-16(18(19)21)15-9-7-8-10-17(15)20/h7-10,12-14,16H,11H2,1-6H3,(H2,19,21). The highest BCUT2D eigenvalue weighted by Gasteiger charge is 2.52. The van der Waals surface area contributed by atoms with E-state index in [2.05, 4.69) is 64.3 Å². The van der Waals surface area contributed by atoms with Crippen molar-refractivity contribution in [1.82, 2.24) is 0 Å². The number of hydrogen-bond donors (Lipinski definition) is 1. The SMILES string of the molecule is CC(C)[Si](C(C)C)(C(C)C)N1CC(C(N)=O)c2ccccc21. The second-order valence-electron chi connectivity index (χ2n) is 7.48. The number of fused-ring (bicyclic) bond motifs is 1. The largest absolute Gasteiger partial charge is 0.395 e. The average Bonchev–Trinajstić information content (AvgIpc) is 2.78. The number of para-hydroxylation sites is 1. The Labute approximate surface area is 136 Å². The lowest BCUT2D eigenvalue weighted by atomic mass is 10.0. The lowest BCUT2D eigenvalue weighted by Crippen LogP contribution is -2.60. The molecule has 1 heterocycles. The maximum Gasteiger partial charge on any atom is 0.226 e. The molecule has 0 bridgehead atoms. The van der Waals surface area contributed by atoms with Gasteiger partial charge in [0.2, 0.25) is 5.91 Å². The molecule has 0 aromatic heterocycles. The molecule has 22 heavy (non-hydrogen) atoms. The Balaban J connectivity index is 2.62. The van der Waals surface area contributed by atoms with Crippen LogP contribution in [0.3, 0.4) is 0 Å². The molecule has 0 radical (unpaired) electrons. The van der Waals surface area contributed by atoms with Gasteiger partial charge < -0.3 is 10.3 Å². The van der Waals surface area contributed by atoms with E-state index < -0.39 is 8.24 Å². The lowest BCUT2D eigenvalue weighted by molar-refractivity contribution is -0.119. The van der Waals surface area contributed by atoms with Gasteiger partial charge >= 0.3 is 0 Å². The molecule has 0 saturated heterocycles. The number of nitrogens with two attached hydrogens (primary N) is 1. The van der Waals surface area contributed by atoms with E-state index >= 15 is 0 Å². The van der Waals surface area contributed by atoms with Gasteiger partial charge in [0, 0.05) is 12.2 Å². The summed E-state index contributed by atoms with van der Waals surface area (Å²) in [6.07, 6.45) is 0. The molecule has 0 fully saturated rings. The number of nitrogens with zero attached hydrogens (tertiary/aromatic N) is 1. The van der Waals surface area contributed by atoms with Gasteiger partial charge in [-0.15, -0.1) is 0 Å². The van der Waals surface area contributed by atoms with E-state index in [0.717, 1.165) is 12.1 Å². The monoisotopic (exact) mass is 318 g/mol. The topological polar surface area (TPSA) is 46.3 Å². The maximum absolute atomic E-state index is 12.0. The fraction of sp³-hybridized carbons (Fsp3) is 0.611. The van der Waals surface area contributed by atoms with Crippen LogP contribution >= 0.6 is 0 Å². The Morgan fingerprint density at radius 3 is 2.05 bits per heavy atom. The molecule has 2 rings (SSSR count). The molecule has 0 spiro atoms. The van der Waals surface area contributed by atoms with Gasteiger partial charge in [0.05, 0.1) is 5.92 Å². The van der Waals surface area contributed by atoms with Crippen LogP contribution < -0.4 is 10.3 Å². The summed E-state index contributed by atoms with van der Waals surface area (Å²) >= 11 is 0. The summed E-state index contributed by atoms with van der Waals surface area (Å²) in [6, 6.07) is 8.34. The second kappa shape index (κ2) is 6.07. The highest BCUT2D eigenvalue weighted by Crippen LogP contribution is 2.50. The third-order valence-corrected chi connectivity index (χ3v) is 12.5. The zero-order chi connectivity index (χ0) is 16.7. The number of benzene rings is 1. The Bertz CT molecular complexity index is 532. The average molecular weight is 319 g/mol. The molecule has 122 valence electrons. The van der Waals surface area contributed by atoms with E-state index in [1.165, 1.54) is 5.69 Å². The highest BCUT2D eigenvalue weighted by molar-refractivity contribution is 6.87. The lowest BCUT2D eigenvalue weighted by Gasteiger charge is -2.51. The predicted octanol–water partition coefficient (Wildman–Crippen LogP) is 4.25. The van der Waals surface area contributed by atoms with E-state index in [-0.39, 0.29) is 11.8 Å². The van der Waals surface area contributed by atoms with Gasteiger partial charge in [0.15, 0.2) is 8.24 Å². The van der Waals surface area contributed by atoms with Crippen LogP contribution in [0.4, 0.5) is 5.69 Å². The minimum atomic E-state index is -1.81. The first kappa shape index (κ1) is 17.1. The van der Waals surface area contributed by atoms with Crippen LogP contribution in [0.1, 0.15) is 53.0 Å². The first-order valence-electron chi connectivity index (χ1n) is 8.40. The van der Waals surface area contributed by atoms with Crippen molar-refractivity contribution >= 4 is 19.8 Å². The molecule has 1 aliphatic heterocycles. The van der Waals surface area contributed by atoms with Crippen LogP contribution in [-0.4, -0.2) is 20.7 Å². The molecular weight excluding hydrogens is 288 g/mol. The van der Waals surface area contributed by atoms with Crippen LogP contribution in [0.2, 0.25) is 16.6 Å². The van der Waals surface area contributed by atoms with Crippen LogP contribution in [0.25, 0.3) is 0 Å². The molecule has 4 heteroatoms. The smallest absolute Gasteiger partial charge is 0.226 e. The first-order valence-corrected chi connectivity index (χ1v) is 10.6. The zero-order valence-electron chi connectivity index (χ0n) is 14.8. The number of carbonyl (C=O) groups excluding carboxylic acids is 1. The molecule has 1 amide bonds. The minimum absolute atomic E-state index is 0.167. The summed E-state index contributed by atoms with van der Waals surface area (Å²) in [5, 5.41) is 0. The molecular formula is C18H30N2OSi. The molecule has 1 unspecified atom stereocenters. The number of anilines is 1. The third kappa shape index (κ3) is 2.37. The summed E-state index contributed by atoms with van der Waals surface area (Å²) in [5.41, 5.74) is 9.91. The van der Waals surface area contributed by atoms with Crippen molar-refractivity contribution in [3.8, 4) is 0 Å². The Morgan fingerprint density at radius 2 is 1.59 bits per heavy atom. The molecule has 1 aromatic rings. The molecule has 0 aliphatic carbocycles. The Morgan fingerprint density at radius 1 is 1.09 bits per heavy atom. The zero-order valence-corrected chi connectivity index (χ0v) is 15.8. The highest BCUT2D eigenvalue weighted by atomic mass is 28.3. The fourth-order valence-electron chi connectivity index (χ4n) is 4.95. The number of hydrogen-bond acceptors (Lipinski definition) is 2. The number of carbonyl (C=O) groups is 1. The van der Waals surface area contributed by atoms with Gasteiger partial charge in [0.25, 0.3) is 0 Å².